The highest BCUT2D eigenvalue weighted by atomic mass is 16.2. The van der Waals surface area contributed by atoms with Crippen molar-refractivity contribution in [1.29, 1.82) is 0 Å². The SMILES string of the molecule is [2H]C1CC[C@@]2([2H])c3c(cccc31)C(=O)N([C@@H]1CN3CCC1CC3)C2([2H])[2H]. The molecule has 116 valence electrons. The first kappa shape index (κ1) is 9.71. The van der Waals surface area contributed by atoms with E-state index in [9.17, 15) is 4.79 Å². The van der Waals surface area contributed by atoms with Gasteiger partial charge in [0.2, 0.25) is 0 Å². The maximum Gasteiger partial charge on any atom is 0.254 e. The van der Waals surface area contributed by atoms with Crippen LogP contribution in [0.1, 0.15) is 58.5 Å². The zero-order valence-electron chi connectivity index (χ0n) is 16.7. The number of aryl methyl sites for hydroxylation is 1. The molecule has 3 atom stereocenters. The first-order valence-corrected chi connectivity index (χ1v) is 8.46. The Morgan fingerprint density at radius 2 is 2.09 bits per heavy atom. The molecular formula is C19H24N2O. The van der Waals surface area contributed by atoms with Gasteiger partial charge in [-0.1, -0.05) is 12.1 Å². The minimum atomic E-state index is -2.06. The van der Waals surface area contributed by atoms with E-state index in [1.165, 1.54) is 4.90 Å². The van der Waals surface area contributed by atoms with Crippen molar-refractivity contribution in [2.45, 2.75) is 44.0 Å². The molecule has 0 radical (unpaired) electrons. The van der Waals surface area contributed by atoms with Crippen molar-refractivity contribution in [3.05, 3.63) is 34.9 Å². The summed E-state index contributed by atoms with van der Waals surface area (Å²) in [6.45, 7) is 0.706. The standard InChI is InChI=1S/C19H24N2O/c22-19-16-6-2-4-14-3-1-5-15(18(14)16)11-21(19)17-12-20-9-7-13(17)8-10-20/h2,4,6,13,15,17H,1,3,5,7-12H2/t15-,17-/m1/s1/i3D,11D2,15D/t3?,15-,17-. The molecule has 0 saturated carbocycles. The lowest BCUT2D eigenvalue weighted by Gasteiger charge is -2.51. The number of carbonyl (C=O) groups is 1. The van der Waals surface area contributed by atoms with Crippen LogP contribution in [0, 0.1) is 5.92 Å². The van der Waals surface area contributed by atoms with Crippen LogP contribution in [0.15, 0.2) is 18.2 Å². The fourth-order valence-corrected chi connectivity index (χ4v) is 4.65. The largest absolute Gasteiger partial charge is 0.333 e. The highest BCUT2D eigenvalue weighted by Crippen LogP contribution is 2.41. The summed E-state index contributed by atoms with van der Waals surface area (Å²) in [5.74, 6) is -1.46. The van der Waals surface area contributed by atoms with Crippen LogP contribution in [0.3, 0.4) is 0 Å². The first-order valence-electron chi connectivity index (χ1n) is 10.5. The highest BCUT2D eigenvalue weighted by Gasteiger charge is 2.43. The number of benzene rings is 1. The van der Waals surface area contributed by atoms with Gasteiger partial charge in [0.25, 0.3) is 5.91 Å². The molecule has 6 rings (SSSR count). The molecule has 4 aliphatic heterocycles. The minimum Gasteiger partial charge on any atom is -0.333 e. The van der Waals surface area contributed by atoms with Crippen LogP contribution in [-0.2, 0) is 6.40 Å². The molecule has 3 saturated heterocycles. The fraction of sp³-hybridized carbons (Fsp3) is 0.632. The Morgan fingerprint density at radius 1 is 1.23 bits per heavy atom. The summed E-state index contributed by atoms with van der Waals surface area (Å²) in [6.07, 6.45) is 2.26. The lowest BCUT2D eigenvalue weighted by atomic mass is 9.75. The number of rotatable bonds is 1. The number of hydrogen-bond acceptors (Lipinski definition) is 2. The normalized spacial score (nSPS) is 48.0. The second-order valence-corrected chi connectivity index (χ2v) is 6.98. The van der Waals surface area contributed by atoms with Crippen LogP contribution in [0.5, 0.6) is 0 Å². The predicted octanol–water partition coefficient (Wildman–Crippen LogP) is 2.66. The van der Waals surface area contributed by atoms with Crippen molar-refractivity contribution in [3.63, 3.8) is 0 Å². The molecule has 1 aliphatic carbocycles. The Labute approximate surface area is 137 Å². The summed E-state index contributed by atoms with van der Waals surface area (Å²) in [5, 5.41) is 0. The Hall–Kier alpha value is -1.35. The number of nitrogens with zero attached hydrogens (tertiary/aromatic N) is 2. The molecule has 3 nitrogen and oxygen atoms in total. The third-order valence-electron chi connectivity index (χ3n) is 5.81. The van der Waals surface area contributed by atoms with E-state index in [0.717, 1.165) is 25.9 Å². The molecule has 0 N–H and O–H groups in total. The summed E-state index contributed by atoms with van der Waals surface area (Å²) in [5.41, 5.74) is 1.58. The van der Waals surface area contributed by atoms with Crippen LogP contribution >= 0.6 is 0 Å². The van der Waals surface area contributed by atoms with Crippen molar-refractivity contribution in [3.8, 4) is 0 Å². The molecule has 0 spiro atoms. The van der Waals surface area contributed by atoms with E-state index in [1.807, 2.05) is 0 Å². The Balaban J connectivity index is 1.68. The van der Waals surface area contributed by atoms with Gasteiger partial charge in [0.15, 0.2) is 0 Å². The van der Waals surface area contributed by atoms with Crippen molar-refractivity contribution < 1.29 is 10.3 Å². The third-order valence-corrected chi connectivity index (χ3v) is 5.81. The third kappa shape index (κ3) is 1.81. The Morgan fingerprint density at radius 3 is 2.86 bits per heavy atom. The second-order valence-electron chi connectivity index (χ2n) is 6.98. The molecule has 5 aliphatic rings. The zero-order chi connectivity index (χ0) is 18.3. The van der Waals surface area contributed by atoms with Gasteiger partial charge in [0.1, 0.15) is 0 Å². The van der Waals surface area contributed by atoms with Gasteiger partial charge in [-0.3, -0.25) is 4.79 Å². The monoisotopic (exact) mass is 300 g/mol. The Bertz CT molecular complexity index is 777. The average Bonchev–Trinajstić information content (AvgIpc) is 2.64. The Kier molecular flexibility index (Phi) is 2.13. The second kappa shape index (κ2) is 4.82. The van der Waals surface area contributed by atoms with Gasteiger partial charge < -0.3 is 9.80 Å². The number of piperidine rings is 3. The van der Waals surface area contributed by atoms with E-state index in [-0.39, 0.29) is 18.4 Å². The molecule has 0 aromatic heterocycles. The molecule has 2 bridgehead atoms. The van der Waals surface area contributed by atoms with Gasteiger partial charge in [-0.05, 0) is 68.3 Å². The average molecular weight is 300 g/mol. The van der Waals surface area contributed by atoms with E-state index in [1.54, 1.807) is 18.2 Å². The smallest absolute Gasteiger partial charge is 0.254 e. The van der Waals surface area contributed by atoms with Crippen molar-refractivity contribution in [2.24, 2.45) is 5.92 Å². The lowest BCUT2D eigenvalue weighted by Crippen LogP contribution is -2.60. The minimum absolute atomic E-state index is 0.159. The number of hydrogen-bond donors (Lipinski definition) is 0. The number of carbonyl (C=O) groups excluding carboxylic acids is 1. The van der Waals surface area contributed by atoms with Crippen molar-refractivity contribution in [2.75, 3.05) is 26.1 Å². The van der Waals surface area contributed by atoms with Crippen molar-refractivity contribution >= 4 is 5.91 Å². The predicted molar refractivity (Wildman–Crippen MR) is 86.1 cm³/mol. The van der Waals surface area contributed by atoms with Gasteiger partial charge in [-0.15, -0.1) is 0 Å². The number of amides is 1. The molecule has 1 amide bonds. The maximum absolute atomic E-state index is 13.4. The van der Waals surface area contributed by atoms with E-state index < -0.39 is 18.8 Å². The molecule has 3 heteroatoms. The molecular weight excluding hydrogens is 272 g/mol. The summed E-state index contributed by atoms with van der Waals surface area (Å²) in [7, 11) is 0. The first-order chi connectivity index (χ1) is 12.3. The fourth-order valence-electron chi connectivity index (χ4n) is 4.65. The summed E-state index contributed by atoms with van der Waals surface area (Å²) in [4.78, 5) is 17.2. The molecule has 3 fully saturated rings. The van der Waals surface area contributed by atoms with Crippen LogP contribution in [0.25, 0.3) is 0 Å². The molecule has 1 aromatic carbocycles. The van der Waals surface area contributed by atoms with Crippen LogP contribution in [0.2, 0.25) is 0 Å². The number of fused-ring (bicyclic) bond motifs is 3. The topological polar surface area (TPSA) is 23.6 Å². The van der Waals surface area contributed by atoms with E-state index >= 15 is 0 Å². The lowest BCUT2D eigenvalue weighted by molar-refractivity contribution is 0.00258. The molecule has 22 heavy (non-hydrogen) atoms. The van der Waals surface area contributed by atoms with Gasteiger partial charge in [-0.2, -0.15) is 0 Å². The molecule has 4 heterocycles. The van der Waals surface area contributed by atoms with Gasteiger partial charge in [0.05, 0.1) is 2.74 Å². The van der Waals surface area contributed by atoms with Crippen LogP contribution < -0.4 is 0 Å². The highest BCUT2D eigenvalue weighted by molar-refractivity contribution is 5.97. The van der Waals surface area contributed by atoms with Gasteiger partial charge in [-0.25, -0.2) is 0 Å². The van der Waals surface area contributed by atoms with Crippen LogP contribution in [0.4, 0.5) is 0 Å². The van der Waals surface area contributed by atoms with E-state index in [0.29, 0.717) is 35.6 Å². The summed E-state index contributed by atoms with van der Waals surface area (Å²) < 4.78 is 35.3. The molecule has 1 aromatic rings. The van der Waals surface area contributed by atoms with E-state index in [2.05, 4.69) is 4.90 Å². The van der Waals surface area contributed by atoms with Crippen LogP contribution in [-0.4, -0.2) is 47.9 Å². The molecule has 1 unspecified atom stereocenters. The quantitative estimate of drug-likeness (QED) is 0.796. The van der Waals surface area contributed by atoms with Gasteiger partial charge in [0, 0.05) is 33.3 Å². The maximum atomic E-state index is 13.4. The summed E-state index contributed by atoms with van der Waals surface area (Å²) in [6, 6.07) is 5.15. The van der Waals surface area contributed by atoms with Gasteiger partial charge >= 0.3 is 0 Å². The zero-order valence-corrected chi connectivity index (χ0v) is 12.7. The van der Waals surface area contributed by atoms with Crippen molar-refractivity contribution in [1.82, 2.24) is 9.80 Å². The summed E-state index contributed by atoms with van der Waals surface area (Å²) >= 11 is 0. The van der Waals surface area contributed by atoms with E-state index in [4.69, 9.17) is 5.48 Å².